The number of aromatic hydroxyl groups is 3. The van der Waals surface area contributed by atoms with Crippen molar-refractivity contribution in [2.45, 2.75) is 25.9 Å². The Morgan fingerprint density at radius 2 is 1.36 bits per heavy atom. The van der Waals surface area contributed by atoms with Crippen LogP contribution in [0.25, 0.3) is 0 Å². The van der Waals surface area contributed by atoms with Crippen molar-refractivity contribution in [1.82, 2.24) is 4.90 Å². The van der Waals surface area contributed by atoms with E-state index in [0.717, 1.165) is 29.7 Å². The van der Waals surface area contributed by atoms with Crippen molar-refractivity contribution in [2.24, 2.45) is 5.92 Å². The molecule has 0 bridgehead atoms. The van der Waals surface area contributed by atoms with Gasteiger partial charge in [-0.1, -0.05) is 40.2 Å². The molecule has 5 N–H and O–H groups in total. The van der Waals surface area contributed by atoms with Gasteiger partial charge < -0.3 is 31.9 Å². The number of halogens is 2. The molecule has 13 heteroatoms. The van der Waals surface area contributed by atoms with E-state index in [-0.39, 0.29) is 69.2 Å². The van der Waals surface area contributed by atoms with Crippen LogP contribution >= 0.6 is 31.9 Å². The Hall–Kier alpha value is -2.19. The van der Waals surface area contributed by atoms with Gasteiger partial charge in [-0.05, 0) is 84.2 Å². The predicted octanol–water partition coefficient (Wildman–Crippen LogP) is 1.89. The molecule has 0 amide bonds. The van der Waals surface area contributed by atoms with Gasteiger partial charge in [0, 0.05) is 29.5 Å². The summed E-state index contributed by atoms with van der Waals surface area (Å²) in [5, 5.41) is 45.4. The van der Waals surface area contributed by atoms with Gasteiger partial charge in [0.1, 0.15) is 17.2 Å². The molecule has 3 aromatic rings. The maximum Gasteiger partial charge on any atom is 1.00 e. The number of likely N-dealkylation sites (tertiary alicyclic amines) is 1. The number of phenols is 3. The molecule has 0 atom stereocenters. The maximum atomic E-state index is 11.0. The van der Waals surface area contributed by atoms with Crippen molar-refractivity contribution in [3.05, 3.63) is 85.8 Å². The molecule has 1 heterocycles. The number of benzene rings is 3. The van der Waals surface area contributed by atoms with Gasteiger partial charge >= 0.3 is 35.5 Å². The fourth-order valence-corrected chi connectivity index (χ4v) is 4.91. The number of aliphatic hydroxyl groups excluding tert-OH is 1. The van der Waals surface area contributed by atoms with Gasteiger partial charge in [0.15, 0.2) is 12.6 Å². The number of carbonyl (C=O) groups is 3. The second-order valence-corrected chi connectivity index (χ2v) is 10.6. The first-order valence-corrected chi connectivity index (χ1v) is 13.9. The molecule has 0 unspecified atom stereocenters. The number of carboxylic acid groups (broad SMARTS) is 1. The first-order valence-electron chi connectivity index (χ1n) is 12.3. The Morgan fingerprint density at radius 1 is 0.857 bits per heavy atom. The van der Waals surface area contributed by atoms with Crippen LogP contribution in [0.3, 0.4) is 0 Å². The van der Waals surface area contributed by atoms with E-state index in [0.29, 0.717) is 53.0 Å². The number of rotatable bonds is 7. The SMILES string of the molecule is O=Cc1c(O)cccc1Br.O=Cc1c(O)cccc1CCN1CCC(C(=O)O)CC1.OCc1c(O)cccc1Br.[B].[H-].[Na+]. The second-order valence-electron chi connectivity index (χ2n) is 8.86. The number of aliphatic hydroxyl groups is 1. The maximum absolute atomic E-state index is 11.0. The van der Waals surface area contributed by atoms with E-state index in [2.05, 4.69) is 36.8 Å². The third-order valence-electron chi connectivity index (χ3n) is 6.33. The fraction of sp³-hybridized carbons (Fsp3) is 0.276. The van der Waals surface area contributed by atoms with Crippen LogP contribution < -0.4 is 29.6 Å². The van der Waals surface area contributed by atoms with Gasteiger partial charge in [-0.15, -0.1) is 0 Å². The third-order valence-corrected chi connectivity index (χ3v) is 7.76. The van der Waals surface area contributed by atoms with Crippen molar-refractivity contribution in [3.8, 4) is 17.2 Å². The molecule has 3 aromatic carbocycles. The largest absolute Gasteiger partial charge is 1.00 e. The quantitative estimate of drug-likeness (QED) is 0.182. The molecule has 0 saturated carbocycles. The number of hydrogen-bond acceptors (Lipinski definition) is 8. The molecule has 219 valence electrons. The van der Waals surface area contributed by atoms with E-state index < -0.39 is 5.97 Å². The van der Waals surface area contributed by atoms with E-state index in [4.69, 9.17) is 20.4 Å². The zero-order chi connectivity index (χ0) is 29.7. The van der Waals surface area contributed by atoms with Gasteiger partial charge in [-0.3, -0.25) is 14.4 Å². The van der Waals surface area contributed by atoms with E-state index >= 15 is 0 Å². The van der Waals surface area contributed by atoms with Crippen LogP contribution in [0.4, 0.5) is 0 Å². The van der Waals surface area contributed by atoms with E-state index in [1.165, 1.54) is 18.2 Å². The number of carboxylic acids is 1. The molecule has 1 fully saturated rings. The Bertz CT molecular complexity index is 1270. The third kappa shape index (κ3) is 12.2. The standard InChI is InChI=1S/C15H19NO4.C7H7BrO2.C7H5BrO2.B.Na.H/c17-10-13-11(2-1-3-14(13)18)4-7-16-8-5-12(6-9-16)15(19)20;2*8-6-2-1-3-7(10)5(6)4-9;;;/h1-3,10,12,18H,4-9H2,(H,19,20);1-3,9-10H,4H2;1-4,10H;;;/q;;;;+1;-1. The number of aliphatic carboxylic acids is 1. The molecule has 1 aliphatic heterocycles. The van der Waals surface area contributed by atoms with Gasteiger partial charge in [-0.2, -0.15) is 0 Å². The number of nitrogens with zero attached hydrogens (tertiary/aromatic N) is 1. The number of carbonyl (C=O) groups excluding carboxylic acids is 2. The van der Waals surface area contributed by atoms with Crippen LogP contribution in [0.2, 0.25) is 0 Å². The average molecular weight is 716 g/mol. The van der Waals surface area contributed by atoms with Gasteiger partial charge in [-0.25, -0.2) is 0 Å². The molecule has 9 nitrogen and oxygen atoms in total. The fourth-order valence-electron chi connectivity index (χ4n) is 3.98. The summed E-state index contributed by atoms with van der Waals surface area (Å²) in [7, 11) is 0. The Balaban J connectivity index is 0. The zero-order valence-electron chi connectivity index (χ0n) is 24.1. The van der Waals surface area contributed by atoms with Crippen LogP contribution in [0.1, 0.15) is 46.1 Å². The van der Waals surface area contributed by atoms with Crippen LogP contribution in [0, 0.1) is 5.92 Å². The zero-order valence-corrected chi connectivity index (χ0v) is 28.3. The van der Waals surface area contributed by atoms with Crippen LogP contribution in [-0.4, -0.2) is 77.0 Å². The summed E-state index contributed by atoms with van der Waals surface area (Å²) in [6.07, 6.45) is 3.33. The van der Waals surface area contributed by atoms with Crippen molar-refractivity contribution in [3.63, 3.8) is 0 Å². The normalized spacial score (nSPS) is 12.6. The number of phenolic OH excluding ortho intramolecular Hbond substituents is 2. The van der Waals surface area contributed by atoms with E-state index in [1.54, 1.807) is 30.3 Å². The van der Waals surface area contributed by atoms with E-state index in [9.17, 15) is 19.5 Å². The molecule has 4 rings (SSSR count). The summed E-state index contributed by atoms with van der Waals surface area (Å²) in [5.74, 6) is -0.790. The summed E-state index contributed by atoms with van der Waals surface area (Å²) < 4.78 is 1.34. The molecule has 1 saturated heterocycles. The molecule has 3 radical (unpaired) electrons. The summed E-state index contributed by atoms with van der Waals surface area (Å²) in [6, 6.07) is 14.9. The average Bonchev–Trinajstić information content (AvgIpc) is 2.93. The minimum atomic E-state index is -0.708. The Kier molecular flexibility index (Phi) is 19.6. The molecular weight excluding hydrogens is 684 g/mol. The molecule has 42 heavy (non-hydrogen) atoms. The second kappa shape index (κ2) is 20.7. The monoisotopic (exact) mass is 714 g/mol. The van der Waals surface area contributed by atoms with Crippen molar-refractivity contribution in [1.29, 1.82) is 0 Å². The van der Waals surface area contributed by atoms with Gasteiger partial charge in [0.05, 0.1) is 23.7 Å². The number of hydrogen-bond donors (Lipinski definition) is 5. The number of aldehydes is 2. The minimum absolute atomic E-state index is 0. The molecule has 0 aromatic heterocycles. The smallest absolute Gasteiger partial charge is 1.00 e. The number of piperidine rings is 1. The summed E-state index contributed by atoms with van der Waals surface area (Å²) in [4.78, 5) is 34.3. The van der Waals surface area contributed by atoms with Crippen molar-refractivity contribution < 1.29 is 70.9 Å². The first kappa shape index (κ1) is 39.8. The topological polar surface area (TPSA) is 156 Å². The summed E-state index contributed by atoms with van der Waals surface area (Å²) in [6.45, 7) is 2.17. The molecule has 0 spiro atoms. The Labute approximate surface area is 287 Å². The van der Waals surface area contributed by atoms with Gasteiger partial charge in [0.25, 0.3) is 0 Å². The van der Waals surface area contributed by atoms with Crippen LogP contribution in [0.5, 0.6) is 17.2 Å². The van der Waals surface area contributed by atoms with Crippen LogP contribution in [0.15, 0.2) is 63.5 Å². The summed E-state index contributed by atoms with van der Waals surface area (Å²) in [5.41, 5.74) is 2.01. The molecule has 0 aliphatic carbocycles. The van der Waals surface area contributed by atoms with Crippen molar-refractivity contribution >= 4 is 58.8 Å². The molecular formula is C29H32BBr2NNaO8. The summed E-state index contributed by atoms with van der Waals surface area (Å²) >= 11 is 6.30. The van der Waals surface area contributed by atoms with E-state index in [1.807, 2.05) is 6.07 Å². The van der Waals surface area contributed by atoms with Crippen LogP contribution in [-0.2, 0) is 17.8 Å². The Morgan fingerprint density at radius 3 is 1.79 bits per heavy atom. The van der Waals surface area contributed by atoms with Gasteiger partial charge in [0.2, 0.25) is 0 Å². The predicted molar refractivity (Wildman–Crippen MR) is 164 cm³/mol. The first-order chi connectivity index (χ1) is 19.1. The minimum Gasteiger partial charge on any atom is -1.00 e. The molecule has 1 aliphatic rings. The van der Waals surface area contributed by atoms with Crippen molar-refractivity contribution in [2.75, 3.05) is 19.6 Å².